The van der Waals surface area contributed by atoms with Crippen molar-refractivity contribution in [3.8, 4) is 0 Å². The van der Waals surface area contributed by atoms with Crippen LogP contribution in [0, 0.1) is 5.92 Å². The van der Waals surface area contributed by atoms with E-state index in [-0.39, 0.29) is 17.8 Å². The Bertz CT molecular complexity index is 595. The predicted molar refractivity (Wildman–Crippen MR) is 87.1 cm³/mol. The van der Waals surface area contributed by atoms with Crippen LogP contribution in [-0.4, -0.2) is 55.0 Å². The molecular weight excluding hydrogens is 316 g/mol. The van der Waals surface area contributed by atoms with Crippen LogP contribution in [-0.2, 0) is 14.3 Å². The third-order valence-corrected chi connectivity index (χ3v) is 4.89. The van der Waals surface area contributed by atoms with Crippen LogP contribution < -0.4 is 0 Å². The number of hydrogen-bond donors (Lipinski definition) is 0. The minimum atomic E-state index is -0.521. The summed E-state index contributed by atoms with van der Waals surface area (Å²) in [5.74, 6) is 0.179. The van der Waals surface area contributed by atoms with E-state index in [1.54, 1.807) is 6.07 Å². The van der Waals surface area contributed by atoms with Gasteiger partial charge in [-0.05, 0) is 24.5 Å². The fourth-order valence-electron chi connectivity index (χ4n) is 3.07. The molecule has 1 unspecified atom stereocenters. The Labute approximate surface area is 141 Å². The maximum Gasteiger partial charge on any atom is 0.327 e. The summed E-state index contributed by atoms with van der Waals surface area (Å²) in [5, 5.41) is 0.555. The van der Waals surface area contributed by atoms with Gasteiger partial charge in [-0.3, -0.25) is 9.69 Å². The summed E-state index contributed by atoms with van der Waals surface area (Å²) in [4.78, 5) is 28.4. The van der Waals surface area contributed by atoms with E-state index in [1.165, 1.54) is 7.11 Å². The van der Waals surface area contributed by atoms with Crippen LogP contribution in [0.25, 0.3) is 0 Å². The van der Waals surface area contributed by atoms with Gasteiger partial charge < -0.3 is 9.64 Å². The van der Waals surface area contributed by atoms with Crippen molar-refractivity contribution in [2.45, 2.75) is 18.9 Å². The molecule has 0 bridgehead atoms. The standard InChI is InChI=1S/C17H21ClN2O3/c1-23-17(22)15(13-4-2-3-5-14(13)18)19-8-10-20(11-9-19)16(21)12-6-7-12/h2-5,12,15H,6-11H2,1H3. The number of nitrogens with zero attached hydrogens (tertiary/aromatic N) is 2. The van der Waals surface area contributed by atoms with Gasteiger partial charge in [-0.25, -0.2) is 4.79 Å². The van der Waals surface area contributed by atoms with E-state index >= 15 is 0 Å². The van der Waals surface area contributed by atoms with Crippen molar-refractivity contribution < 1.29 is 14.3 Å². The van der Waals surface area contributed by atoms with E-state index in [4.69, 9.17) is 16.3 Å². The van der Waals surface area contributed by atoms with Gasteiger partial charge in [-0.15, -0.1) is 0 Å². The van der Waals surface area contributed by atoms with Crippen molar-refractivity contribution in [1.29, 1.82) is 0 Å². The average Bonchev–Trinajstić information content (AvgIpc) is 3.41. The molecule has 3 rings (SSSR count). The fraction of sp³-hybridized carbons (Fsp3) is 0.529. The Morgan fingerprint density at radius 2 is 1.83 bits per heavy atom. The Balaban J connectivity index is 1.73. The van der Waals surface area contributed by atoms with Gasteiger partial charge in [0, 0.05) is 37.1 Å². The number of carbonyl (C=O) groups excluding carboxylic acids is 2. The van der Waals surface area contributed by atoms with Crippen LogP contribution >= 0.6 is 11.6 Å². The normalized spacial score (nSPS) is 20.2. The largest absolute Gasteiger partial charge is 0.468 e. The highest BCUT2D eigenvalue weighted by Crippen LogP contribution is 2.33. The highest BCUT2D eigenvalue weighted by atomic mass is 35.5. The fourth-order valence-corrected chi connectivity index (χ4v) is 3.31. The van der Waals surface area contributed by atoms with Gasteiger partial charge in [-0.1, -0.05) is 29.8 Å². The maximum absolute atomic E-state index is 12.3. The van der Waals surface area contributed by atoms with E-state index in [2.05, 4.69) is 0 Å². The Morgan fingerprint density at radius 1 is 1.17 bits per heavy atom. The maximum atomic E-state index is 12.3. The second-order valence-corrected chi connectivity index (χ2v) is 6.49. The predicted octanol–water partition coefficient (Wildman–Crippen LogP) is 2.11. The second-order valence-electron chi connectivity index (χ2n) is 6.08. The summed E-state index contributed by atoms with van der Waals surface area (Å²) >= 11 is 6.27. The third-order valence-electron chi connectivity index (χ3n) is 4.54. The zero-order valence-corrected chi connectivity index (χ0v) is 14.0. The Kier molecular flexibility index (Phi) is 4.87. The quantitative estimate of drug-likeness (QED) is 0.790. The van der Waals surface area contributed by atoms with Crippen LogP contribution in [0.2, 0.25) is 5.02 Å². The summed E-state index contributed by atoms with van der Waals surface area (Å²) in [6, 6.07) is 6.81. The lowest BCUT2D eigenvalue weighted by atomic mass is 10.0. The summed E-state index contributed by atoms with van der Waals surface area (Å²) in [6.45, 7) is 2.58. The number of hydrogen-bond acceptors (Lipinski definition) is 4. The Hall–Kier alpha value is -1.59. The molecule has 1 heterocycles. The van der Waals surface area contributed by atoms with Crippen molar-refractivity contribution in [2.24, 2.45) is 5.92 Å². The van der Waals surface area contributed by atoms with Crippen LogP contribution in [0.3, 0.4) is 0 Å². The summed E-state index contributed by atoms with van der Waals surface area (Å²) in [6.07, 6.45) is 2.03. The monoisotopic (exact) mass is 336 g/mol. The Morgan fingerprint density at radius 3 is 2.39 bits per heavy atom. The van der Waals surface area contributed by atoms with Gasteiger partial charge in [0.25, 0.3) is 0 Å². The molecule has 1 aliphatic heterocycles. The van der Waals surface area contributed by atoms with E-state index in [0.29, 0.717) is 31.2 Å². The summed E-state index contributed by atoms with van der Waals surface area (Å²) in [5.41, 5.74) is 0.753. The molecule has 2 fully saturated rings. The number of piperazine rings is 1. The van der Waals surface area contributed by atoms with E-state index in [9.17, 15) is 9.59 Å². The molecule has 1 aromatic rings. The lowest BCUT2D eigenvalue weighted by molar-refractivity contribution is -0.148. The van der Waals surface area contributed by atoms with Crippen LogP contribution in [0.1, 0.15) is 24.4 Å². The van der Waals surface area contributed by atoms with E-state index in [0.717, 1.165) is 18.4 Å². The first kappa shape index (κ1) is 16.3. The number of benzene rings is 1. The SMILES string of the molecule is COC(=O)C(c1ccccc1Cl)N1CCN(C(=O)C2CC2)CC1. The number of halogens is 1. The first-order chi connectivity index (χ1) is 11.1. The number of rotatable bonds is 4. The molecule has 6 heteroatoms. The van der Waals surface area contributed by atoms with Crippen molar-refractivity contribution >= 4 is 23.5 Å². The smallest absolute Gasteiger partial charge is 0.327 e. The van der Waals surface area contributed by atoms with Gasteiger partial charge in [0.2, 0.25) is 5.91 Å². The third kappa shape index (κ3) is 3.51. The molecule has 1 saturated carbocycles. The topological polar surface area (TPSA) is 49.9 Å². The number of ether oxygens (including phenoxy) is 1. The average molecular weight is 337 g/mol. The lowest BCUT2D eigenvalue weighted by Gasteiger charge is -2.38. The molecule has 1 saturated heterocycles. The molecule has 0 N–H and O–H groups in total. The van der Waals surface area contributed by atoms with E-state index < -0.39 is 6.04 Å². The van der Waals surface area contributed by atoms with Crippen molar-refractivity contribution in [3.63, 3.8) is 0 Å². The first-order valence-electron chi connectivity index (χ1n) is 7.97. The number of carbonyl (C=O) groups is 2. The van der Waals surface area contributed by atoms with Gasteiger partial charge in [0.1, 0.15) is 6.04 Å². The lowest BCUT2D eigenvalue weighted by Crippen LogP contribution is -2.51. The number of methoxy groups -OCH3 is 1. The zero-order valence-electron chi connectivity index (χ0n) is 13.2. The molecule has 0 radical (unpaired) electrons. The molecule has 0 aromatic heterocycles. The number of esters is 1. The molecule has 5 nitrogen and oxygen atoms in total. The van der Waals surface area contributed by atoms with Crippen LogP contribution in [0.5, 0.6) is 0 Å². The van der Waals surface area contributed by atoms with Gasteiger partial charge >= 0.3 is 5.97 Å². The van der Waals surface area contributed by atoms with Gasteiger partial charge in [-0.2, -0.15) is 0 Å². The van der Waals surface area contributed by atoms with Gasteiger partial charge in [0.15, 0.2) is 0 Å². The molecule has 23 heavy (non-hydrogen) atoms. The zero-order chi connectivity index (χ0) is 16.4. The van der Waals surface area contributed by atoms with Crippen LogP contribution in [0.4, 0.5) is 0 Å². The summed E-state index contributed by atoms with van der Waals surface area (Å²) < 4.78 is 4.98. The highest BCUT2D eigenvalue weighted by Gasteiger charge is 2.37. The highest BCUT2D eigenvalue weighted by molar-refractivity contribution is 6.31. The molecule has 1 aromatic carbocycles. The first-order valence-corrected chi connectivity index (χ1v) is 8.34. The van der Waals surface area contributed by atoms with Crippen molar-refractivity contribution in [2.75, 3.05) is 33.3 Å². The molecule has 0 spiro atoms. The van der Waals surface area contributed by atoms with Crippen molar-refractivity contribution in [3.05, 3.63) is 34.9 Å². The molecular formula is C17H21ClN2O3. The minimum absolute atomic E-state index is 0.238. The molecule has 124 valence electrons. The number of amides is 1. The molecule has 2 aliphatic rings. The summed E-state index contributed by atoms with van der Waals surface area (Å²) in [7, 11) is 1.39. The van der Waals surface area contributed by atoms with Crippen molar-refractivity contribution in [1.82, 2.24) is 9.80 Å². The molecule has 1 aliphatic carbocycles. The minimum Gasteiger partial charge on any atom is -0.468 e. The van der Waals surface area contributed by atoms with E-state index in [1.807, 2.05) is 28.0 Å². The second kappa shape index (κ2) is 6.89. The van der Waals surface area contributed by atoms with Crippen LogP contribution in [0.15, 0.2) is 24.3 Å². The van der Waals surface area contributed by atoms with Gasteiger partial charge in [0.05, 0.1) is 7.11 Å². The molecule has 1 atom stereocenters. The molecule has 1 amide bonds.